The van der Waals surface area contributed by atoms with Crippen molar-refractivity contribution in [1.82, 2.24) is 4.90 Å². The van der Waals surface area contributed by atoms with E-state index in [4.69, 9.17) is 5.73 Å². The molecule has 5 heteroatoms. The maximum absolute atomic E-state index is 11.2. The van der Waals surface area contributed by atoms with E-state index in [1.165, 1.54) is 0 Å². The molecular weight excluding hydrogens is 212 g/mol. The van der Waals surface area contributed by atoms with Crippen LogP contribution in [0.2, 0.25) is 0 Å². The van der Waals surface area contributed by atoms with Gasteiger partial charge in [-0.05, 0) is 31.8 Å². The third-order valence-corrected chi connectivity index (χ3v) is 4.91. The van der Waals surface area contributed by atoms with E-state index >= 15 is 0 Å². The standard InChI is InChI=1S/C10H22N2O2S/c1-2-12(7-5-11)6-3-10-4-8-15(13,14)9-10/h10H,2-9,11H2,1H3. The third kappa shape index (κ3) is 4.49. The molecule has 1 unspecified atom stereocenters. The summed E-state index contributed by atoms with van der Waals surface area (Å²) in [6, 6.07) is 0. The van der Waals surface area contributed by atoms with Gasteiger partial charge in [-0.2, -0.15) is 0 Å². The molecule has 0 radical (unpaired) electrons. The zero-order valence-electron chi connectivity index (χ0n) is 9.48. The fraction of sp³-hybridized carbons (Fsp3) is 1.00. The van der Waals surface area contributed by atoms with Gasteiger partial charge in [0, 0.05) is 13.1 Å². The maximum atomic E-state index is 11.2. The summed E-state index contributed by atoms with van der Waals surface area (Å²) in [7, 11) is -2.71. The molecule has 0 saturated carbocycles. The number of rotatable bonds is 6. The Kier molecular flexibility index (Phi) is 5.02. The number of sulfone groups is 1. The highest BCUT2D eigenvalue weighted by Crippen LogP contribution is 2.21. The molecule has 1 rings (SSSR count). The van der Waals surface area contributed by atoms with Crippen molar-refractivity contribution in [2.45, 2.75) is 19.8 Å². The molecule has 1 heterocycles. The van der Waals surface area contributed by atoms with Crippen LogP contribution in [0.1, 0.15) is 19.8 Å². The summed E-state index contributed by atoms with van der Waals surface area (Å²) in [6.45, 7) is 5.68. The van der Waals surface area contributed by atoms with Crippen molar-refractivity contribution in [2.75, 3.05) is 37.7 Å². The summed E-state index contributed by atoms with van der Waals surface area (Å²) in [5.41, 5.74) is 5.49. The zero-order chi connectivity index (χ0) is 11.3. The summed E-state index contributed by atoms with van der Waals surface area (Å²) >= 11 is 0. The molecule has 0 bridgehead atoms. The average Bonchev–Trinajstić information content (AvgIpc) is 2.53. The lowest BCUT2D eigenvalue weighted by Gasteiger charge is -2.20. The van der Waals surface area contributed by atoms with Crippen molar-refractivity contribution in [3.8, 4) is 0 Å². The molecule has 1 saturated heterocycles. The normalized spacial score (nSPS) is 24.9. The first kappa shape index (κ1) is 12.9. The Morgan fingerprint density at radius 2 is 2.13 bits per heavy atom. The van der Waals surface area contributed by atoms with E-state index in [-0.39, 0.29) is 0 Å². The van der Waals surface area contributed by atoms with Crippen LogP contribution in [0, 0.1) is 5.92 Å². The van der Waals surface area contributed by atoms with Crippen LogP contribution in [0.15, 0.2) is 0 Å². The van der Waals surface area contributed by atoms with Crippen molar-refractivity contribution >= 4 is 9.84 Å². The number of hydrogen-bond acceptors (Lipinski definition) is 4. The van der Waals surface area contributed by atoms with Crippen molar-refractivity contribution in [3.05, 3.63) is 0 Å². The van der Waals surface area contributed by atoms with Gasteiger partial charge < -0.3 is 10.6 Å². The molecule has 0 aliphatic carbocycles. The van der Waals surface area contributed by atoms with Gasteiger partial charge in [-0.3, -0.25) is 0 Å². The average molecular weight is 234 g/mol. The largest absolute Gasteiger partial charge is 0.329 e. The van der Waals surface area contributed by atoms with Crippen LogP contribution in [0.3, 0.4) is 0 Å². The van der Waals surface area contributed by atoms with E-state index in [9.17, 15) is 8.42 Å². The fourth-order valence-corrected chi connectivity index (χ4v) is 3.99. The van der Waals surface area contributed by atoms with Crippen LogP contribution in [0.25, 0.3) is 0 Å². The Labute approximate surface area is 92.7 Å². The number of nitrogens with two attached hydrogens (primary N) is 1. The van der Waals surface area contributed by atoms with Crippen LogP contribution in [0.5, 0.6) is 0 Å². The van der Waals surface area contributed by atoms with E-state index in [0.717, 1.165) is 32.5 Å². The lowest BCUT2D eigenvalue weighted by molar-refractivity contribution is 0.274. The van der Waals surface area contributed by atoms with Crippen LogP contribution in [0.4, 0.5) is 0 Å². The summed E-state index contributed by atoms with van der Waals surface area (Å²) in [4.78, 5) is 2.28. The molecule has 15 heavy (non-hydrogen) atoms. The molecule has 1 aliphatic rings. The van der Waals surface area contributed by atoms with Gasteiger partial charge in [-0.1, -0.05) is 6.92 Å². The summed E-state index contributed by atoms with van der Waals surface area (Å²) < 4.78 is 22.5. The minimum Gasteiger partial charge on any atom is -0.329 e. The lowest BCUT2D eigenvalue weighted by atomic mass is 10.1. The molecule has 0 amide bonds. The van der Waals surface area contributed by atoms with Gasteiger partial charge in [0.2, 0.25) is 0 Å². The molecule has 4 nitrogen and oxygen atoms in total. The Hall–Kier alpha value is -0.130. The van der Waals surface area contributed by atoms with Crippen molar-refractivity contribution in [2.24, 2.45) is 11.7 Å². The highest BCUT2D eigenvalue weighted by molar-refractivity contribution is 7.91. The molecule has 0 spiro atoms. The summed E-state index contributed by atoms with van der Waals surface area (Å²) in [6.07, 6.45) is 1.84. The van der Waals surface area contributed by atoms with E-state index in [1.807, 2.05) is 0 Å². The fourth-order valence-electron chi connectivity index (χ4n) is 2.08. The van der Waals surface area contributed by atoms with Gasteiger partial charge >= 0.3 is 0 Å². The van der Waals surface area contributed by atoms with Crippen LogP contribution in [-0.4, -0.2) is 51.0 Å². The van der Waals surface area contributed by atoms with Gasteiger partial charge in [0.15, 0.2) is 9.84 Å². The lowest BCUT2D eigenvalue weighted by Crippen LogP contribution is -2.31. The first-order valence-electron chi connectivity index (χ1n) is 5.70. The molecule has 1 fully saturated rings. The van der Waals surface area contributed by atoms with Crippen LogP contribution >= 0.6 is 0 Å². The predicted molar refractivity (Wildman–Crippen MR) is 62.5 cm³/mol. The van der Waals surface area contributed by atoms with E-state index < -0.39 is 9.84 Å². The topological polar surface area (TPSA) is 63.4 Å². The second-order valence-corrected chi connectivity index (χ2v) is 6.51. The maximum Gasteiger partial charge on any atom is 0.150 e. The van der Waals surface area contributed by atoms with Gasteiger partial charge in [0.1, 0.15) is 0 Å². The SMILES string of the molecule is CCN(CCN)CCC1CCS(=O)(=O)C1. The Morgan fingerprint density at radius 3 is 2.60 bits per heavy atom. The van der Waals surface area contributed by atoms with E-state index in [2.05, 4.69) is 11.8 Å². The van der Waals surface area contributed by atoms with E-state index in [0.29, 0.717) is 24.0 Å². The monoisotopic (exact) mass is 234 g/mol. The minimum absolute atomic E-state index is 0.377. The van der Waals surface area contributed by atoms with Crippen molar-refractivity contribution in [1.29, 1.82) is 0 Å². The quantitative estimate of drug-likeness (QED) is 0.707. The summed E-state index contributed by atoms with van der Waals surface area (Å²) in [5, 5.41) is 0. The molecule has 1 aliphatic heterocycles. The Bertz CT molecular complexity index is 277. The third-order valence-electron chi connectivity index (χ3n) is 3.07. The first-order chi connectivity index (χ1) is 7.07. The number of likely N-dealkylation sites (N-methyl/N-ethyl adjacent to an activating group) is 1. The summed E-state index contributed by atoms with van der Waals surface area (Å²) in [5.74, 6) is 1.16. The second-order valence-electron chi connectivity index (χ2n) is 4.28. The number of hydrogen-bond donors (Lipinski definition) is 1. The molecule has 0 aromatic carbocycles. The Balaban J connectivity index is 2.25. The van der Waals surface area contributed by atoms with Crippen LogP contribution in [-0.2, 0) is 9.84 Å². The second kappa shape index (κ2) is 5.82. The zero-order valence-corrected chi connectivity index (χ0v) is 10.3. The minimum atomic E-state index is -2.71. The van der Waals surface area contributed by atoms with Gasteiger partial charge in [-0.25, -0.2) is 8.42 Å². The first-order valence-corrected chi connectivity index (χ1v) is 7.52. The molecule has 90 valence electrons. The molecule has 0 aromatic heterocycles. The van der Waals surface area contributed by atoms with Crippen molar-refractivity contribution in [3.63, 3.8) is 0 Å². The number of nitrogens with zero attached hydrogens (tertiary/aromatic N) is 1. The highest BCUT2D eigenvalue weighted by Gasteiger charge is 2.27. The van der Waals surface area contributed by atoms with E-state index in [1.54, 1.807) is 0 Å². The van der Waals surface area contributed by atoms with Gasteiger partial charge in [0.25, 0.3) is 0 Å². The van der Waals surface area contributed by atoms with Gasteiger partial charge in [0.05, 0.1) is 11.5 Å². The molecule has 2 N–H and O–H groups in total. The Morgan fingerprint density at radius 1 is 1.40 bits per heavy atom. The molecule has 0 aromatic rings. The predicted octanol–water partition coefficient (Wildman–Crippen LogP) is 0.0918. The van der Waals surface area contributed by atoms with Crippen molar-refractivity contribution < 1.29 is 8.42 Å². The molecular formula is C10H22N2O2S. The van der Waals surface area contributed by atoms with Crippen LogP contribution < -0.4 is 5.73 Å². The smallest absolute Gasteiger partial charge is 0.150 e. The molecule has 1 atom stereocenters. The van der Waals surface area contributed by atoms with Gasteiger partial charge in [-0.15, -0.1) is 0 Å². The highest BCUT2D eigenvalue weighted by atomic mass is 32.2.